The molecule has 0 aliphatic carbocycles. The molecule has 448 valence electrons. The van der Waals surface area contributed by atoms with E-state index in [1.54, 1.807) is 0 Å². The smallest absolute Gasteiger partial charge is 0.306 e. The summed E-state index contributed by atoms with van der Waals surface area (Å²) in [7, 11) is 0. The van der Waals surface area contributed by atoms with Crippen LogP contribution in [0.2, 0.25) is 0 Å². The summed E-state index contributed by atoms with van der Waals surface area (Å²) in [5.74, 6) is -0.920. The van der Waals surface area contributed by atoms with Crippen molar-refractivity contribution in [3.05, 3.63) is 97.2 Å². The van der Waals surface area contributed by atoms with Crippen molar-refractivity contribution in [3.8, 4) is 0 Å². The average Bonchev–Trinajstić information content (AvgIpc) is 3.44. The van der Waals surface area contributed by atoms with E-state index in [-0.39, 0.29) is 37.5 Å². The fourth-order valence-electron chi connectivity index (χ4n) is 9.32. The van der Waals surface area contributed by atoms with Crippen LogP contribution in [0.3, 0.4) is 0 Å². The van der Waals surface area contributed by atoms with Gasteiger partial charge < -0.3 is 14.2 Å². The molecule has 78 heavy (non-hydrogen) atoms. The van der Waals surface area contributed by atoms with Gasteiger partial charge in [-0.15, -0.1) is 0 Å². The van der Waals surface area contributed by atoms with Crippen molar-refractivity contribution in [2.75, 3.05) is 13.2 Å². The molecule has 0 radical (unpaired) electrons. The second kappa shape index (κ2) is 65.8. The van der Waals surface area contributed by atoms with Crippen LogP contribution in [-0.2, 0) is 28.6 Å². The second-order valence-corrected chi connectivity index (χ2v) is 22.0. The minimum atomic E-state index is -0.800. The van der Waals surface area contributed by atoms with Crippen molar-refractivity contribution in [1.82, 2.24) is 0 Å². The Bertz CT molecular complexity index is 1530. The van der Waals surface area contributed by atoms with Crippen molar-refractivity contribution < 1.29 is 28.6 Å². The van der Waals surface area contributed by atoms with Gasteiger partial charge in [-0.3, -0.25) is 14.4 Å². The zero-order valence-corrected chi connectivity index (χ0v) is 51.4. The molecule has 0 amide bonds. The molecule has 0 N–H and O–H groups in total. The summed E-state index contributed by atoms with van der Waals surface area (Å²) in [6.07, 6.45) is 88.4. The average molecular weight is 1090 g/mol. The monoisotopic (exact) mass is 1080 g/mol. The van der Waals surface area contributed by atoms with Gasteiger partial charge in [0.25, 0.3) is 0 Å². The van der Waals surface area contributed by atoms with Crippen LogP contribution in [0, 0.1) is 0 Å². The van der Waals surface area contributed by atoms with Crippen molar-refractivity contribution >= 4 is 17.9 Å². The Labute approximate surface area is 483 Å². The number of carbonyl (C=O) groups is 3. The van der Waals surface area contributed by atoms with E-state index in [2.05, 4.69) is 118 Å². The number of allylic oxidation sites excluding steroid dienone is 16. The Morgan fingerprint density at radius 3 is 0.808 bits per heavy atom. The predicted octanol–water partition coefficient (Wildman–Crippen LogP) is 22.8. The molecule has 0 saturated heterocycles. The molecule has 0 aliphatic heterocycles. The topological polar surface area (TPSA) is 78.9 Å². The molecular weight excluding hydrogens is 961 g/mol. The summed E-state index contributed by atoms with van der Waals surface area (Å²) in [5, 5.41) is 0. The summed E-state index contributed by atoms with van der Waals surface area (Å²) in [5.41, 5.74) is 0. The minimum absolute atomic E-state index is 0.0927. The molecule has 0 aromatic carbocycles. The van der Waals surface area contributed by atoms with Crippen LogP contribution in [0.15, 0.2) is 97.2 Å². The molecule has 0 aromatic rings. The van der Waals surface area contributed by atoms with E-state index in [1.807, 2.05) is 0 Å². The van der Waals surface area contributed by atoms with Gasteiger partial charge in [-0.25, -0.2) is 0 Å². The zero-order chi connectivity index (χ0) is 56.4. The lowest BCUT2D eigenvalue weighted by Gasteiger charge is -2.18. The molecule has 0 saturated carbocycles. The Kier molecular flexibility index (Phi) is 62.7. The Hall–Kier alpha value is -3.67. The molecular formula is C72H124O6. The molecule has 0 aliphatic rings. The SMILES string of the molecule is CC/C=C\C/C=C\C/C=C\C/C=C\C/C=C\CCCCCC(=O)OC(COC(=O)CCCCCCCCC/C=C\CCCCCCCCC)COC(=O)CCCCCCCCCCCCC/C=C\C/C=C\CCCCCCC. The first kappa shape index (κ1) is 74.3. The van der Waals surface area contributed by atoms with E-state index in [0.29, 0.717) is 12.8 Å². The molecule has 0 fully saturated rings. The lowest BCUT2D eigenvalue weighted by molar-refractivity contribution is -0.167. The van der Waals surface area contributed by atoms with Gasteiger partial charge in [-0.2, -0.15) is 0 Å². The summed E-state index contributed by atoms with van der Waals surface area (Å²) in [6.45, 7) is 6.52. The van der Waals surface area contributed by atoms with Gasteiger partial charge in [0.05, 0.1) is 0 Å². The fourth-order valence-corrected chi connectivity index (χ4v) is 9.32. The number of unbranched alkanes of at least 4 members (excludes halogenated alkanes) is 33. The van der Waals surface area contributed by atoms with Crippen molar-refractivity contribution in [2.45, 2.75) is 329 Å². The fraction of sp³-hybridized carbons (Fsp3) is 0.736. The van der Waals surface area contributed by atoms with Crippen LogP contribution in [0.1, 0.15) is 323 Å². The lowest BCUT2D eigenvalue weighted by atomic mass is 10.0. The molecule has 0 spiro atoms. The maximum Gasteiger partial charge on any atom is 0.306 e. The number of rotatable bonds is 60. The van der Waals surface area contributed by atoms with Gasteiger partial charge in [0.1, 0.15) is 13.2 Å². The van der Waals surface area contributed by atoms with Crippen LogP contribution in [0.5, 0.6) is 0 Å². The normalized spacial score (nSPS) is 12.7. The highest BCUT2D eigenvalue weighted by molar-refractivity contribution is 5.71. The maximum absolute atomic E-state index is 12.9. The summed E-state index contributed by atoms with van der Waals surface area (Å²) < 4.78 is 16.9. The number of hydrogen-bond donors (Lipinski definition) is 0. The third-order valence-electron chi connectivity index (χ3n) is 14.3. The van der Waals surface area contributed by atoms with Crippen molar-refractivity contribution in [3.63, 3.8) is 0 Å². The largest absolute Gasteiger partial charge is 0.462 e. The van der Waals surface area contributed by atoms with Gasteiger partial charge in [0.2, 0.25) is 0 Å². The van der Waals surface area contributed by atoms with Crippen molar-refractivity contribution in [1.29, 1.82) is 0 Å². The standard InChI is InChI=1S/C72H124O6/c1-4-7-10-13-16-19-22-25-28-31-34-35-36-37-39-41-44-47-50-53-56-59-62-65-71(74)77-68-69(67-76-70(73)64-61-58-55-52-49-46-43-40-33-30-27-24-21-18-15-12-9-6-3)78-72(75)66-63-60-57-54-51-48-45-42-38-32-29-26-23-20-17-14-11-8-5-2/h8,11,17,20,22,25-26,29-31,33-34,38,42,48,51,69H,4-7,9-10,12-16,18-19,21,23-24,27-28,32,35-37,39-41,43-47,49-50,52-68H2,1-3H3/b11-8-,20-17-,25-22-,29-26-,33-30-,34-31-,42-38-,51-48-. The Morgan fingerprint density at radius 1 is 0.269 bits per heavy atom. The number of carbonyl (C=O) groups excluding carboxylic acids is 3. The zero-order valence-electron chi connectivity index (χ0n) is 51.4. The molecule has 0 heterocycles. The van der Waals surface area contributed by atoms with E-state index >= 15 is 0 Å². The first-order chi connectivity index (χ1) is 38.5. The van der Waals surface area contributed by atoms with Gasteiger partial charge in [-0.05, 0) is 122 Å². The third-order valence-corrected chi connectivity index (χ3v) is 14.3. The van der Waals surface area contributed by atoms with Gasteiger partial charge in [0.15, 0.2) is 6.10 Å². The highest BCUT2D eigenvalue weighted by atomic mass is 16.6. The molecule has 6 nitrogen and oxygen atoms in total. The first-order valence-corrected chi connectivity index (χ1v) is 33.2. The summed E-state index contributed by atoms with van der Waals surface area (Å²) >= 11 is 0. The summed E-state index contributed by atoms with van der Waals surface area (Å²) in [4.78, 5) is 38.4. The molecule has 1 unspecified atom stereocenters. The van der Waals surface area contributed by atoms with Gasteiger partial charge in [0, 0.05) is 19.3 Å². The van der Waals surface area contributed by atoms with Gasteiger partial charge >= 0.3 is 17.9 Å². The van der Waals surface area contributed by atoms with E-state index in [0.717, 1.165) is 103 Å². The number of hydrogen-bond acceptors (Lipinski definition) is 6. The van der Waals surface area contributed by atoms with Gasteiger partial charge in [-0.1, -0.05) is 279 Å². The van der Waals surface area contributed by atoms with Crippen LogP contribution >= 0.6 is 0 Å². The highest BCUT2D eigenvalue weighted by Gasteiger charge is 2.19. The molecule has 0 rings (SSSR count). The second-order valence-electron chi connectivity index (χ2n) is 22.0. The summed E-state index contributed by atoms with van der Waals surface area (Å²) in [6, 6.07) is 0. The molecule has 1 atom stereocenters. The Balaban J connectivity index is 4.42. The number of ether oxygens (including phenoxy) is 3. The van der Waals surface area contributed by atoms with Crippen LogP contribution in [0.25, 0.3) is 0 Å². The molecule has 0 aromatic heterocycles. The quantitative estimate of drug-likeness (QED) is 0.0261. The predicted molar refractivity (Wildman–Crippen MR) is 339 cm³/mol. The van der Waals surface area contributed by atoms with Crippen molar-refractivity contribution in [2.24, 2.45) is 0 Å². The van der Waals surface area contributed by atoms with Crippen LogP contribution < -0.4 is 0 Å². The van der Waals surface area contributed by atoms with E-state index in [4.69, 9.17) is 14.2 Å². The lowest BCUT2D eigenvalue weighted by Crippen LogP contribution is -2.30. The van der Waals surface area contributed by atoms with Crippen LogP contribution in [0.4, 0.5) is 0 Å². The van der Waals surface area contributed by atoms with E-state index in [1.165, 1.54) is 180 Å². The third kappa shape index (κ3) is 63.2. The maximum atomic E-state index is 12.9. The number of esters is 3. The van der Waals surface area contributed by atoms with Crippen LogP contribution in [-0.4, -0.2) is 37.2 Å². The minimum Gasteiger partial charge on any atom is -0.462 e. The highest BCUT2D eigenvalue weighted by Crippen LogP contribution is 2.16. The molecule has 6 heteroatoms. The van der Waals surface area contributed by atoms with E-state index < -0.39 is 6.10 Å². The Morgan fingerprint density at radius 2 is 0.500 bits per heavy atom. The first-order valence-electron chi connectivity index (χ1n) is 33.2. The molecule has 0 bridgehead atoms. The van der Waals surface area contributed by atoms with E-state index in [9.17, 15) is 14.4 Å².